The number of aromatic nitrogens is 2. The number of carbonyl (C=O) groups excluding carboxylic acids is 1. The van der Waals surface area contributed by atoms with E-state index >= 15 is 0 Å². The van der Waals surface area contributed by atoms with E-state index in [1.165, 1.54) is 17.8 Å². The van der Waals surface area contributed by atoms with Gasteiger partial charge in [-0.2, -0.15) is 0 Å². The summed E-state index contributed by atoms with van der Waals surface area (Å²) in [4.78, 5) is 21.7. The predicted octanol–water partition coefficient (Wildman–Crippen LogP) is 2.03. The van der Waals surface area contributed by atoms with Crippen molar-refractivity contribution in [2.75, 3.05) is 37.4 Å². The molecule has 0 bridgehead atoms. The van der Waals surface area contributed by atoms with Crippen LogP contribution in [0.5, 0.6) is 5.75 Å². The Kier molecular flexibility index (Phi) is 6.68. The van der Waals surface area contributed by atoms with Gasteiger partial charge in [0.05, 0.1) is 12.3 Å². The Morgan fingerprint density at radius 3 is 2.50 bits per heavy atom. The van der Waals surface area contributed by atoms with E-state index in [-0.39, 0.29) is 23.3 Å². The monoisotopic (exact) mass is 411 g/mol. The number of halogens is 1. The number of rotatable bonds is 7. The Hall–Kier alpha value is -2.00. The van der Waals surface area contributed by atoms with Crippen molar-refractivity contribution in [1.29, 1.82) is 0 Å². The molecule has 0 radical (unpaired) electrons. The van der Waals surface area contributed by atoms with Crippen LogP contribution in [0.4, 0.5) is 11.6 Å². The summed E-state index contributed by atoms with van der Waals surface area (Å²) in [6, 6.07) is 9.00. The fourth-order valence-electron chi connectivity index (χ4n) is 1.72. The van der Waals surface area contributed by atoms with Gasteiger partial charge in [-0.25, -0.2) is 9.97 Å². The van der Waals surface area contributed by atoms with E-state index < -0.39 is 0 Å². The molecule has 1 aromatic heterocycles. The SMILES string of the molecule is CN(CCOc1ccc(Br)cc1)C(=O)CSc1nc(N)cc(N)n1. The molecule has 0 atom stereocenters. The lowest BCUT2D eigenvalue weighted by Crippen LogP contribution is -2.32. The van der Waals surface area contributed by atoms with E-state index in [0.717, 1.165) is 10.2 Å². The third kappa shape index (κ3) is 5.89. The quantitative estimate of drug-likeness (QED) is 0.529. The molecule has 1 heterocycles. The molecule has 4 N–H and O–H groups in total. The molecule has 1 aromatic carbocycles. The van der Waals surface area contributed by atoms with Crippen LogP contribution >= 0.6 is 27.7 Å². The first-order valence-electron chi connectivity index (χ1n) is 7.09. The third-order valence-corrected chi connectivity index (χ3v) is 4.37. The number of hydrogen-bond donors (Lipinski definition) is 2. The second-order valence-electron chi connectivity index (χ2n) is 4.91. The molecule has 0 fully saturated rings. The average molecular weight is 412 g/mol. The van der Waals surface area contributed by atoms with Gasteiger partial charge in [0.2, 0.25) is 5.91 Å². The summed E-state index contributed by atoms with van der Waals surface area (Å²) in [5.41, 5.74) is 11.2. The predicted molar refractivity (Wildman–Crippen MR) is 98.9 cm³/mol. The summed E-state index contributed by atoms with van der Waals surface area (Å²) < 4.78 is 6.59. The van der Waals surface area contributed by atoms with Crippen molar-refractivity contribution in [2.24, 2.45) is 0 Å². The third-order valence-electron chi connectivity index (χ3n) is 3.00. The smallest absolute Gasteiger partial charge is 0.232 e. The van der Waals surface area contributed by atoms with Crippen LogP contribution in [0.1, 0.15) is 0 Å². The van der Waals surface area contributed by atoms with Gasteiger partial charge in [-0.3, -0.25) is 4.79 Å². The van der Waals surface area contributed by atoms with E-state index in [9.17, 15) is 4.79 Å². The van der Waals surface area contributed by atoms with E-state index in [1.807, 2.05) is 24.3 Å². The second-order valence-corrected chi connectivity index (χ2v) is 6.76. The zero-order valence-corrected chi connectivity index (χ0v) is 15.5. The van der Waals surface area contributed by atoms with Gasteiger partial charge in [0.25, 0.3) is 0 Å². The van der Waals surface area contributed by atoms with Gasteiger partial charge in [-0.15, -0.1) is 0 Å². The summed E-state index contributed by atoms with van der Waals surface area (Å²) in [6.45, 7) is 0.894. The maximum atomic E-state index is 12.1. The summed E-state index contributed by atoms with van der Waals surface area (Å²) in [5, 5.41) is 0.389. The minimum absolute atomic E-state index is 0.0518. The fraction of sp³-hybridized carbons (Fsp3) is 0.267. The minimum atomic E-state index is -0.0518. The zero-order valence-electron chi connectivity index (χ0n) is 13.1. The molecular formula is C15H18BrN5O2S. The lowest BCUT2D eigenvalue weighted by atomic mass is 10.3. The van der Waals surface area contributed by atoms with Crippen LogP contribution in [0.3, 0.4) is 0 Å². The number of carbonyl (C=O) groups is 1. The van der Waals surface area contributed by atoms with E-state index in [2.05, 4.69) is 25.9 Å². The van der Waals surface area contributed by atoms with Crippen LogP contribution in [-0.4, -0.2) is 46.7 Å². The van der Waals surface area contributed by atoms with Crippen LogP contribution in [-0.2, 0) is 4.79 Å². The van der Waals surface area contributed by atoms with Gasteiger partial charge < -0.3 is 21.1 Å². The minimum Gasteiger partial charge on any atom is -0.492 e. The summed E-state index contributed by atoms with van der Waals surface area (Å²) in [5.74, 6) is 1.49. The Balaban J connectivity index is 1.74. The lowest BCUT2D eigenvalue weighted by Gasteiger charge is -2.17. The Bertz CT molecular complexity index is 679. The van der Waals surface area contributed by atoms with Crippen molar-refractivity contribution in [3.63, 3.8) is 0 Å². The maximum absolute atomic E-state index is 12.1. The highest BCUT2D eigenvalue weighted by atomic mass is 79.9. The standard InChI is InChI=1S/C15H18BrN5O2S/c1-21(6-7-23-11-4-2-10(16)3-5-11)14(22)9-24-15-19-12(17)8-13(18)20-15/h2-5,8H,6-7,9H2,1H3,(H4,17,18,19,20). The molecule has 9 heteroatoms. The second kappa shape index (κ2) is 8.74. The molecule has 24 heavy (non-hydrogen) atoms. The summed E-state index contributed by atoms with van der Waals surface area (Å²) in [6.07, 6.45) is 0. The molecule has 0 aliphatic heterocycles. The van der Waals surface area contributed by atoms with E-state index in [1.54, 1.807) is 11.9 Å². The Morgan fingerprint density at radius 2 is 1.88 bits per heavy atom. The molecule has 2 aromatic rings. The van der Waals surface area contributed by atoms with Crippen molar-refractivity contribution in [2.45, 2.75) is 5.16 Å². The van der Waals surface area contributed by atoms with E-state index in [4.69, 9.17) is 16.2 Å². The number of benzene rings is 1. The lowest BCUT2D eigenvalue weighted by molar-refractivity contribution is -0.127. The molecule has 0 saturated carbocycles. The highest BCUT2D eigenvalue weighted by Crippen LogP contribution is 2.17. The Morgan fingerprint density at radius 1 is 1.25 bits per heavy atom. The molecule has 0 aliphatic carbocycles. The number of amides is 1. The molecule has 0 unspecified atom stereocenters. The van der Waals surface area contributed by atoms with Crippen molar-refractivity contribution in [3.8, 4) is 5.75 Å². The van der Waals surface area contributed by atoms with E-state index in [0.29, 0.717) is 18.3 Å². The van der Waals surface area contributed by atoms with Gasteiger partial charge in [-0.05, 0) is 24.3 Å². The first kappa shape index (κ1) is 18.3. The average Bonchev–Trinajstić information content (AvgIpc) is 2.53. The van der Waals surface area contributed by atoms with Crippen LogP contribution in [0.15, 0.2) is 40.0 Å². The fourth-order valence-corrected chi connectivity index (χ4v) is 2.80. The highest BCUT2D eigenvalue weighted by Gasteiger charge is 2.11. The van der Waals surface area contributed by atoms with Gasteiger partial charge >= 0.3 is 0 Å². The van der Waals surface area contributed by atoms with Crippen LogP contribution in [0.2, 0.25) is 0 Å². The molecule has 2 rings (SSSR count). The topological polar surface area (TPSA) is 107 Å². The first-order chi connectivity index (χ1) is 11.4. The van der Waals surface area contributed by atoms with Crippen molar-refractivity contribution < 1.29 is 9.53 Å². The van der Waals surface area contributed by atoms with Gasteiger partial charge in [0.1, 0.15) is 24.0 Å². The van der Waals surface area contributed by atoms with Crippen LogP contribution < -0.4 is 16.2 Å². The van der Waals surface area contributed by atoms with Crippen molar-refractivity contribution in [1.82, 2.24) is 14.9 Å². The Labute approximate surface area is 152 Å². The number of nitrogens with two attached hydrogens (primary N) is 2. The van der Waals surface area contributed by atoms with Gasteiger partial charge in [0, 0.05) is 17.6 Å². The van der Waals surface area contributed by atoms with Gasteiger partial charge in [0.15, 0.2) is 5.16 Å². The van der Waals surface area contributed by atoms with Crippen LogP contribution in [0, 0.1) is 0 Å². The molecule has 0 spiro atoms. The maximum Gasteiger partial charge on any atom is 0.232 e. The number of anilines is 2. The molecule has 0 saturated heterocycles. The summed E-state index contributed by atoms with van der Waals surface area (Å²) in [7, 11) is 1.72. The number of thioether (sulfide) groups is 1. The number of ether oxygens (including phenoxy) is 1. The van der Waals surface area contributed by atoms with Crippen molar-refractivity contribution >= 4 is 45.2 Å². The molecular weight excluding hydrogens is 394 g/mol. The van der Waals surface area contributed by atoms with Gasteiger partial charge in [-0.1, -0.05) is 27.7 Å². The molecule has 0 aliphatic rings. The van der Waals surface area contributed by atoms with Crippen LogP contribution in [0.25, 0.3) is 0 Å². The summed E-state index contributed by atoms with van der Waals surface area (Å²) >= 11 is 4.56. The molecule has 128 valence electrons. The molecule has 1 amide bonds. The van der Waals surface area contributed by atoms with Crippen molar-refractivity contribution in [3.05, 3.63) is 34.8 Å². The number of nitrogens with zero attached hydrogens (tertiary/aromatic N) is 3. The largest absolute Gasteiger partial charge is 0.492 e. The normalized spacial score (nSPS) is 10.4. The zero-order chi connectivity index (χ0) is 17.5. The first-order valence-corrected chi connectivity index (χ1v) is 8.87. The molecule has 7 nitrogen and oxygen atoms in total. The number of hydrogen-bond acceptors (Lipinski definition) is 7. The highest BCUT2D eigenvalue weighted by molar-refractivity contribution is 9.10. The number of likely N-dealkylation sites (N-methyl/N-ethyl adjacent to an activating group) is 1. The number of nitrogen functional groups attached to an aromatic ring is 2.